The molecule has 0 bridgehead atoms. The van der Waals surface area contributed by atoms with Crippen LogP contribution in [0.3, 0.4) is 0 Å². The predicted octanol–water partition coefficient (Wildman–Crippen LogP) is 2.91. The van der Waals surface area contributed by atoms with E-state index in [2.05, 4.69) is 11.9 Å². The van der Waals surface area contributed by atoms with Gasteiger partial charge in [-0.2, -0.15) is 0 Å². The van der Waals surface area contributed by atoms with Crippen molar-refractivity contribution in [1.29, 1.82) is 0 Å². The molecule has 1 aromatic heterocycles. The highest BCUT2D eigenvalue weighted by molar-refractivity contribution is 7.16. The molecule has 0 spiro atoms. The Balaban J connectivity index is 2.82. The maximum Gasteiger partial charge on any atom is 0.242 e. The third-order valence-corrected chi connectivity index (χ3v) is 3.99. The summed E-state index contributed by atoms with van der Waals surface area (Å²) in [6.07, 6.45) is 1.73. The number of amides is 1. The fourth-order valence-corrected chi connectivity index (χ4v) is 2.61. The van der Waals surface area contributed by atoms with E-state index in [4.69, 9.17) is 11.6 Å². The highest BCUT2D eigenvalue weighted by atomic mass is 35.5. The molecule has 0 atom stereocenters. The van der Waals surface area contributed by atoms with Crippen LogP contribution in [-0.4, -0.2) is 29.9 Å². The van der Waals surface area contributed by atoms with Gasteiger partial charge in [0.15, 0.2) is 0 Å². The van der Waals surface area contributed by atoms with Crippen LogP contribution in [0.1, 0.15) is 18.7 Å². The van der Waals surface area contributed by atoms with Gasteiger partial charge in [-0.1, -0.05) is 17.7 Å². The summed E-state index contributed by atoms with van der Waals surface area (Å²) in [5.41, 5.74) is -0.579. The molecule has 5 heteroatoms. The zero-order valence-corrected chi connectivity index (χ0v) is 12.6. The predicted molar refractivity (Wildman–Crippen MR) is 78.1 cm³/mol. The van der Waals surface area contributed by atoms with E-state index in [1.165, 1.54) is 11.3 Å². The number of nitrogens with zero attached hydrogens (tertiary/aromatic N) is 1. The lowest BCUT2D eigenvalue weighted by Gasteiger charge is -2.30. The van der Waals surface area contributed by atoms with Crippen molar-refractivity contribution in [2.45, 2.75) is 25.9 Å². The first-order valence-electron chi connectivity index (χ1n) is 5.74. The number of carbonyl (C=O) groups is 1. The van der Waals surface area contributed by atoms with Crippen LogP contribution < -0.4 is 5.32 Å². The minimum Gasteiger partial charge on any atom is -0.332 e. The Kier molecular flexibility index (Phi) is 5.38. The van der Waals surface area contributed by atoms with E-state index >= 15 is 0 Å². The number of nitrogens with one attached hydrogen (secondary N) is 1. The van der Waals surface area contributed by atoms with Gasteiger partial charge in [-0.25, -0.2) is 0 Å². The van der Waals surface area contributed by atoms with Gasteiger partial charge < -0.3 is 10.2 Å². The fraction of sp³-hybridized carbons (Fsp3) is 0.462. The molecule has 1 amide bonds. The van der Waals surface area contributed by atoms with Crippen molar-refractivity contribution in [2.24, 2.45) is 0 Å². The van der Waals surface area contributed by atoms with E-state index in [1.807, 2.05) is 26.0 Å². The van der Waals surface area contributed by atoms with Crippen LogP contribution in [0.2, 0.25) is 4.34 Å². The van der Waals surface area contributed by atoms with Crippen LogP contribution in [-0.2, 0) is 11.3 Å². The van der Waals surface area contributed by atoms with Gasteiger partial charge in [-0.3, -0.25) is 4.79 Å². The Morgan fingerprint density at radius 2 is 2.28 bits per heavy atom. The fourth-order valence-electron chi connectivity index (χ4n) is 1.50. The second-order valence-corrected chi connectivity index (χ2v) is 6.35. The summed E-state index contributed by atoms with van der Waals surface area (Å²) < 4.78 is 0.740. The van der Waals surface area contributed by atoms with Gasteiger partial charge in [0, 0.05) is 11.4 Å². The third-order valence-electron chi connectivity index (χ3n) is 2.77. The van der Waals surface area contributed by atoms with Crippen LogP contribution in [0, 0.1) is 0 Å². The van der Waals surface area contributed by atoms with Crippen LogP contribution in [0.5, 0.6) is 0 Å². The average molecular weight is 287 g/mol. The summed E-state index contributed by atoms with van der Waals surface area (Å²) in [4.78, 5) is 15.2. The smallest absolute Gasteiger partial charge is 0.242 e. The maximum atomic E-state index is 12.4. The Bertz CT molecular complexity index is 428. The molecular weight excluding hydrogens is 268 g/mol. The lowest BCUT2D eigenvalue weighted by molar-refractivity contribution is -0.136. The van der Waals surface area contributed by atoms with E-state index in [0.717, 1.165) is 9.21 Å². The number of halogens is 1. The standard InChI is InChI=1S/C13H19ClN2OS/c1-5-8-16(12(17)13(2,3)15-4)9-10-6-7-11(14)18-10/h5-7,15H,1,8-9H2,2-4H3. The number of hydrogen-bond acceptors (Lipinski definition) is 3. The first-order valence-corrected chi connectivity index (χ1v) is 6.93. The number of likely N-dealkylation sites (N-methyl/N-ethyl adjacent to an activating group) is 1. The molecule has 1 N–H and O–H groups in total. The monoisotopic (exact) mass is 286 g/mol. The molecule has 0 fully saturated rings. The van der Waals surface area contributed by atoms with Gasteiger partial charge in [-0.15, -0.1) is 17.9 Å². The number of rotatable bonds is 6. The summed E-state index contributed by atoms with van der Waals surface area (Å²) in [7, 11) is 1.78. The molecule has 0 aliphatic rings. The summed E-state index contributed by atoms with van der Waals surface area (Å²) in [6, 6.07) is 3.80. The Labute approximate surface area is 117 Å². The van der Waals surface area contributed by atoms with Gasteiger partial charge in [0.25, 0.3) is 0 Å². The molecule has 1 heterocycles. The molecule has 0 unspecified atom stereocenters. The molecule has 0 saturated carbocycles. The SMILES string of the molecule is C=CCN(Cc1ccc(Cl)s1)C(=O)C(C)(C)NC. The summed E-state index contributed by atoms with van der Waals surface area (Å²) in [5, 5.41) is 3.02. The second kappa shape index (κ2) is 6.36. The van der Waals surface area contributed by atoms with Crippen LogP contribution >= 0.6 is 22.9 Å². The normalized spacial score (nSPS) is 11.3. The largest absolute Gasteiger partial charge is 0.332 e. The maximum absolute atomic E-state index is 12.4. The highest BCUT2D eigenvalue weighted by Gasteiger charge is 2.29. The molecule has 1 rings (SSSR count). The average Bonchev–Trinajstić information content (AvgIpc) is 2.73. The second-order valence-electron chi connectivity index (χ2n) is 4.56. The topological polar surface area (TPSA) is 32.3 Å². The van der Waals surface area contributed by atoms with Crippen LogP contribution in [0.25, 0.3) is 0 Å². The molecule has 0 aliphatic heterocycles. The molecule has 0 saturated heterocycles. The Hall–Kier alpha value is -0.840. The molecular formula is C13H19ClN2OS. The molecule has 0 radical (unpaired) electrons. The number of carbonyl (C=O) groups excluding carboxylic acids is 1. The Morgan fingerprint density at radius 3 is 2.72 bits per heavy atom. The number of thiophene rings is 1. The van der Waals surface area contributed by atoms with E-state index in [1.54, 1.807) is 18.0 Å². The van der Waals surface area contributed by atoms with Crippen molar-refractivity contribution in [2.75, 3.05) is 13.6 Å². The number of hydrogen-bond donors (Lipinski definition) is 1. The Morgan fingerprint density at radius 1 is 1.61 bits per heavy atom. The van der Waals surface area contributed by atoms with E-state index < -0.39 is 5.54 Å². The minimum absolute atomic E-state index is 0.0504. The highest BCUT2D eigenvalue weighted by Crippen LogP contribution is 2.23. The van der Waals surface area contributed by atoms with Gasteiger partial charge in [0.1, 0.15) is 0 Å². The van der Waals surface area contributed by atoms with E-state index in [0.29, 0.717) is 13.1 Å². The van der Waals surface area contributed by atoms with Crippen molar-refractivity contribution in [3.05, 3.63) is 34.0 Å². The molecule has 0 aromatic carbocycles. The van der Waals surface area contributed by atoms with Crippen LogP contribution in [0.4, 0.5) is 0 Å². The van der Waals surface area contributed by atoms with Crippen molar-refractivity contribution in [1.82, 2.24) is 10.2 Å². The van der Waals surface area contributed by atoms with Crippen molar-refractivity contribution in [3.8, 4) is 0 Å². The van der Waals surface area contributed by atoms with Gasteiger partial charge in [-0.05, 0) is 33.0 Å². The molecule has 0 aliphatic carbocycles. The lowest BCUT2D eigenvalue weighted by atomic mass is 10.0. The molecule has 100 valence electrons. The zero-order valence-electron chi connectivity index (χ0n) is 11.0. The quantitative estimate of drug-likeness (QED) is 0.816. The van der Waals surface area contributed by atoms with E-state index in [-0.39, 0.29) is 5.91 Å². The van der Waals surface area contributed by atoms with Crippen molar-refractivity contribution in [3.63, 3.8) is 0 Å². The molecule has 1 aromatic rings. The first kappa shape index (κ1) is 15.2. The van der Waals surface area contributed by atoms with Crippen molar-refractivity contribution < 1.29 is 4.79 Å². The summed E-state index contributed by atoms with van der Waals surface area (Å²) in [5.74, 6) is 0.0504. The molecule has 3 nitrogen and oxygen atoms in total. The summed E-state index contributed by atoms with van der Waals surface area (Å²) >= 11 is 7.39. The van der Waals surface area contributed by atoms with Crippen molar-refractivity contribution >= 4 is 28.8 Å². The molecule has 18 heavy (non-hydrogen) atoms. The van der Waals surface area contributed by atoms with Gasteiger partial charge in [0.05, 0.1) is 16.4 Å². The third kappa shape index (κ3) is 3.83. The summed E-state index contributed by atoms with van der Waals surface area (Å²) in [6.45, 7) is 8.53. The lowest BCUT2D eigenvalue weighted by Crippen LogP contribution is -2.52. The minimum atomic E-state index is -0.579. The van der Waals surface area contributed by atoms with E-state index in [9.17, 15) is 4.79 Å². The van der Waals surface area contributed by atoms with Gasteiger partial charge >= 0.3 is 0 Å². The zero-order chi connectivity index (χ0) is 13.8. The van der Waals surface area contributed by atoms with Crippen LogP contribution in [0.15, 0.2) is 24.8 Å². The van der Waals surface area contributed by atoms with Gasteiger partial charge in [0.2, 0.25) is 5.91 Å². The first-order chi connectivity index (χ1) is 8.40.